The predicted molar refractivity (Wildman–Crippen MR) is 85.0 cm³/mol. The minimum atomic E-state index is -0.169. The summed E-state index contributed by atoms with van der Waals surface area (Å²) in [5.74, 6) is 0. The van der Waals surface area contributed by atoms with Gasteiger partial charge in [0.25, 0.3) is 5.56 Å². The maximum Gasteiger partial charge on any atom is 0.269 e. The van der Waals surface area contributed by atoms with E-state index in [1.54, 1.807) is 4.57 Å². The molecule has 0 unspecified atom stereocenters. The van der Waals surface area contributed by atoms with E-state index in [0.717, 1.165) is 18.5 Å². The molecule has 0 aliphatic heterocycles. The average Bonchev–Trinajstić information content (AvgIpc) is 2.40. The van der Waals surface area contributed by atoms with Gasteiger partial charge in [-0.2, -0.15) is 0 Å². The molecule has 0 saturated carbocycles. The third-order valence-electron chi connectivity index (χ3n) is 3.38. The zero-order valence-corrected chi connectivity index (χ0v) is 13.1. The lowest BCUT2D eigenvalue weighted by molar-refractivity contribution is 0.607. The zero-order chi connectivity index (χ0) is 14.7. The Morgan fingerprint density at radius 3 is 2.55 bits per heavy atom. The monoisotopic (exact) mass is 309 g/mol. The molecule has 0 fully saturated rings. The van der Waals surface area contributed by atoms with Crippen LogP contribution in [-0.4, -0.2) is 4.57 Å². The molecular weight excluding hydrogens is 293 g/mol. The van der Waals surface area contributed by atoms with Crippen molar-refractivity contribution in [2.24, 2.45) is 0 Å². The maximum atomic E-state index is 12.0. The Bertz CT molecular complexity index is 677. The molecule has 106 valence electrons. The molecule has 0 atom stereocenters. The standard InChI is InChI=1S/C16H17Cl2NO/c1-11-5-3-6-13(9-11)7-4-8-19-12(2)14(17)10-15(18)16(19)20/h3,5-6,9-10H,4,7-8H2,1-2H3. The first kappa shape index (κ1) is 15.1. The van der Waals surface area contributed by atoms with Crippen LogP contribution < -0.4 is 5.56 Å². The second-order valence-corrected chi connectivity index (χ2v) is 5.79. The molecule has 1 aromatic heterocycles. The first-order valence-electron chi connectivity index (χ1n) is 6.60. The van der Waals surface area contributed by atoms with Crippen molar-refractivity contribution in [1.82, 2.24) is 4.57 Å². The fourth-order valence-corrected chi connectivity index (χ4v) is 2.74. The van der Waals surface area contributed by atoms with Crippen molar-refractivity contribution in [2.45, 2.75) is 33.2 Å². The molecule has 4 heteroatoms. The number of pyridine rings is 1. The van der Waals surface area contributed by atoms with Gasteiger partial charge in [-0.25, -0.2) is 0 Å². The van der Waals surface area contributed by atoms with E-state index < -0.39 is 0 Å². The number of halogens is 2. The Labute approximate surface area is 129 Å². The van der Waals surface area contributed by atoms with Crippen molar-refractivity contribution in [3.05, 3.63) is 67.6 Å². The van der Waals surface area contributed by atoms with Crippen LogP contribution in [0, 0.1) is 13.8 Å². The van der Waals surface area contributed by atoms with Gasteiger partial charge in [-0.1, -0.05) is 53.0 Å². The van der Waals surface area contributed by atoms with Crippen LogP contribution in [0.4, 0.5) is 0 Å². The third kappa shape index (κ3) is 3.44. The molecule has 0 spiro atoms. The van der Waals surface area contributed by atoms with E-state index in [-0.39, 0.29) is 10.6 Å². The SMILES string of the molecule is Cc1cccc(CCCn2c(C)c(Cl)cc(Cl)c2=O)c1. The Kier molecular flexibility index (Phi) is 4.90. The summed E-state index contributed by atoms with van der Waals surface area (Å²) >= 11 is 12.0. The molecule has 0 N–H and O–H groups in total. The molecule has 0 saturated heterocycles. The number of aryl methyl sites for hydroxylation is 2. The third-order valence-corrected chi connectivity index (χ3v) is 4.04. The van der Waals surface area contributed by atoms with Gasteiger partial charge in [0.1, 0.15) is 5.02 Å². The largest absolute Gasteiger partial charge is 0.310 e. The van der Waals surface area contributed by atoms with Crippen LogP contribution in [-0.2, 0) is 13.0 Å². The van der Waals surface area contributed by atoms with Crippen molar-refractivity contribution in [2.75, 3.05) is 0 Å². The number of aromatic nitrogens is 1. The lowest BCUT2D eigenvalue weighted by Crippen LogP contribution is -2.23. The predicted octanol–water partition coefficient (Wildman–Crippen LogP) is 4.40. The summed E-state index contributed by atoms with van der Waals surface area (Å²) in [6.45, 7) is 4.54. The van der Waals surface area contributed by atoms with Crippen LogP contribution in [0.3, 0.4) is 0 Å². The minimum Gasteiger partial charge on any atom is -0.310 e. The normalized spacial score (nSPS) is 10.8. The second-order valence-electron chi connectivity index (χ2n) is 4.98. The summed E-state index contributed by atoms with van der Waals surface area (Å²) in [5, 5.41) is 0.710. The topological polar surface area (TPSA) is 22.0 Å². The highest BCUT2D eigenvalue weighted by Gasteiger charge is 2.08. The van der Waals surface area contributed by atoms with E-state index in [9.17, 15) is 4.79 Å². The summed E-state index contributed by atoms with van der Waals surface area (Å²) in [6.07, 6.45) is 1.80. The van der Waals surface area contributed by atoms with Crippen LogP contribution in [0.1, 0.15) is 23.2 Å². The van der Waals surface area contributed by atoms with Gasteiger partial charge in [-0.15, -0.1) is 0 Å². The minimum absolute atomic E-state index is 0.169. The lowest BCUT2D eigenvalue weighted by Gasteiger charge is -2.12. The van der Waals surface area contributed by atoms with E-state index in [1.807, 2.05) is 6.92 Å². The number of rotatable bonds is 4. The van der Waals surface area contributed by atoms with E-state index in [4.69, 9.17) is 23.2 Å². The van der Waals surface area contributed by atoms with Crippen LogP contribution in [0.2, 0.25) is 10.0 Å². The maximum absolute atomic E-state index is 12.0. The highest BCUT2D eigenvalue weighted by Crippen LogP contribution is 2.17. The Morgan fingerprint density at radius 2 is 1.85 bits per heavy atom. The average molecular weight is 310 g/mol. The number of benzene rings is 1. The Morgan fingerprint density at radius 1 is 1.10 bits per heavy atom. The zero-order valence-electron chi connectivity index (χ0n) is 11.6. The molecule has 2 aromatic rings. The van der Waals surface area contributed by atoms with Crippen LogP contribution in [0.15, 0.2) is 35.1 Å². The van der Waals surface area contributed by atoms with Crippen molar-refractivity contribution in [3.8, 4) is 0 Å². The van der Waals surface area contributed by atoms with E-state index in [0.29, 0.717) is 11.6 Å². The molecule has 2 nitrogen and oxygen atoms in total. The highest BCUT2D eigenvalue weighted by molar-refractivity contribution is 6.34. The molecule has 0 amide bonds. The molecule has 1 aromatic carbocycles. The summed E-state index contributed by atoms with van der Waals surface area (Å²) in [4.78, 5) is 12.0. The molecule has 0 bridgehead atoms. The smallest absolute Gasteiger partial charge is 0.269 e. The lowest BCUT2D eigenvalue weighted by atomic mass is 10.1. The summed E-state index contributed by atoms with van der Waals surface area (Å²) < 4.78 is 1.65. The Balaban J connectivity index is 2.10. The van der Waals surface area contributed by atoms with Gasteiger partial charge >= 0.3 is 0 Å². The van der Waals surface area contributed by atoms with Crippen LogP contribution >= 0.6 is 23.2 Å². The fraction of sp³-hybridized carbons (Fsp3) is 0.312. The van der Waals surface area contributed by atoms with Crippen molar-refractivity contribution in [3.63, 3.8) is 0 Å². The Hall–Kier alpha value is -1.25. The van der Waals surface area contributed by atoms with Gasteiger partial charge in [0.2, 0.25) is 0 Å². The quantitative estimate of drug-likeness (QED) is 0.820. The van der Waals surface area contributed by atoms with Gasteiger partial charge in [0, 0.05) is 12.2 Å². The molecule has 0 aliphatic carbocycles. The van der Waals surface area contributed by atoms with Gasteiger partial charge in [0.05, 0.1) is 5.02 Å². The van der Waals surface area contributed by atoms with Gasteiger partial charge in [-0.3, -0.25) is 4.79 Å². The number of hydrogen-bond acceptors (Lipinski definition) is 1. The van der Waals surface area contributed by atoms with E-state index in [1.165, 1.54) is 17.2 Å². The molecule has 0 radical (unpaired) electrons. The van der Waals surface area contributed by atoms with Gasteiger partial charge < -0.3 is 4.57 Å². The first-order chi connectivity index (χ1) is 9.49. The van der Waals surface area contributed by atoms with Crippen LogP contribution in [0.25, 0.3) is 0 Å². The number of hydrogen-bond donors (Lipinski definition) is 0. The van der Waals surface area contributed by atoms with Gasteiger partial charge in [0.15, 0.2) is 0 Å². The summed E-state index contributed by atoms with van der Waals surface area (Å²) in [6, 6.07) is 9.92. The molecule has 2 rings (SSSR count). The molecular formula is C16H17Cl2NO. The number of nitrogens with zero attached hydrogens (tertiary/aromatic N) is 1. The second kappa shape index (κ2) is 6.47. The van der Waals surface area contributed by atoms with Crippen LogP contribution in [0.5, 0.6) is 0 Å². The van der Waals surface area contributed by atoms with E-state index in [2.05, 4.69) is 31.2 Å². The van der Waals surface area contributed by atoms with Crippen molar-refractivity contribution >= 4 is 23.2 Å². The molecule has 20 heavy (non-hydrogen) atoms. The first-order valence-corrected chi connectivity index (χ1v) is 7.35. The van der Waals surface area contributed by atoms with E-state index >= 15 is 0 Å². The van der Waals surface area contributed by atoms with Gasteiger partial charge in [-0.05, 0) is 38.3 Å². The van der Waals surface area contributed by atoms with Crippen molar-refractivity contribution in [1.29, 1.82) is 0 Å². The molecule has 0 aliphatic rings. The summed E-state index contributed by atoms with van der Waals surface area (Å²) in [5.41, 5.74) is 3.13. The fourth-order valence-electron chi connectivity index (χ4n) is 2.27. The van der Waals surface area contributed by atoms with Crippen molar-refractivity contribution < 1.29 is 0 Å². The highest BCUT2D eigenvalue weighted by atomic mass is 35.5. The molecule has 1 heterocycles. The summed E-state index contributed by atoms with van der Waals surface area (Å²) in [7, 11) is 0.